The summed E-state index contributed by atoms with van der Waals surface area (Å²) in [6.07, 6.45) is 3.53. The molecule has 1 aliphatic rings. The van der Waals surface area contributed by atoms with Crippen molar-refractivity contribution in [3.05, 3.63) is 35.4 Å². The van der Waals surface area contributed by atoms with Gasteiger partial charge in [0.2, 0.25) is 0 Å². The number of methoxy groups -OCH3 is 1. The highest BCUT2D eigenvalue weighted by atomic mass is 16.5. The largest absolute Gasteiger partial charge is 0.383 e. The second kappa shape index (κ2) is 5.83. The summed E-state index contributed by atoms with van der Waals surface area (Å²) in [5.41, 5.74) is 9.01. The van der Waals surface area contributed by atoms with Crippen LogP contribution in [0.3, 0.4) is 0 Å². The predicted octanol–water partition coefficient (Wildman–Crippen LogP) is 1.76. The highest BCUT2D eigenvalue weighted by Gasteiger charge is 2.38. The van der Waals surface area contributed by atoms with Gasteiger partial charge in [0, 0.05) is 20.2 Å². The molecular formula is C15H24N2O. The number of likely N-dealkylation sites (N-methyl/N-ethyl adjacent to an activating group) is 1. The maximum atomic E-state index is 6.14. The van der Waals surface area contributed by atoms with Gasteiger partial charge in [0.25, 0.3) is 0 Å². The molecule has 0 fully saturated rings. The van der Waals surface area contributed by atoms with Gasteiger partial charge in [-0.1, -0.05) is 24.3 Å². The Labute approximate surface area is 110 Å². The first kappa shape index (κ1) is 13.5. The summed E-state index contributed by atoms with van der Waals surface area (Å²) < 4.78 is 5.20. The van der Waals surface area contributed by atoms with Gasteiger partial charge >= 0.3 is 0 Å². The number of rotatable bonds is 5. The van der Waals surface area contributed by atoms with E-state index in [-0.39, 0.29) is 5.54 Å². The van der Waals surface area contributed by atoms with Crippen LogP contribution in [0.2, 0.25) is 0 Å². The third-order valence-electron chi connectivity index (χ3n) is 4.25. The van der Waals surface area contributed by atoms with E-state index >= 15 is 0 Å². The zero-order valence-electron chi connectivity index (χ0n) is 11.5. The molecule has 0 heterocycles. The molecule has 18 heavy (non-hydrogen) atoms. The molecule has 2 N–H and O–H groups in total. The van der Waals surface area contributed by atoms with Crippen molar-refractivity contribution in [1.82, 2.24) is 4.90 Å². The minimum Gasteiger partial charge on any atom is -0.383 e. The molecule has 1 atom stereocenters. The van der Waals surface area contributed by atoms with Crippen LogP contribution in [0.4, 0.5) is 0 Å². The Hall–Kier alpha value is -0.900. The first-order valence-electron chi connectivity index (χ1n) is 6.73. The predicted molar refractivity (Wildman–Crippen MR) is 74.6 cm³/mol. The number of hydrogen-bond acceptors (Lipinski definition) is 3. The minimum absolute atomic E-state index is 0.00657. The number of nitrogens with two attached hydrogens (primary N) is 1. The van der Waals surface area contributed by atoms with Gasteiger partial charge in [0.1, 0.15) is 0 Å². The molecule has 0 radical (unpaired) electrons. The third-order valence-corrected chi connectivity index (χ3v) is 4.25. The van der Waals surface area contributed by atoms with Crippen molar-refractivity contribution < 1.29 is 4.74 Å². The monoisotopic (exact) mass is 248 g/mol. The highest BCUT2D eigenvalue weighted by Crippen LogP contribution is 2.38. The molecule has 1 aromatic carbocycles. The quantitative estimate of drug-likeness (QED) is 0.863. The van der Waals surface area contributed by atoms with Crippen LogP contribution in [-0.4, -0.2) is 38.8 Å². The van der Waals surface area contributed by atoms with Crippen LogP contribution in [0.15, 0.2) is 24.3 Å². The van der Waals surface area contributed by atoms with Crippen LogP contribution in [0.25, 0.3) is 0 Å². The summed E-state index contributed by atoms with van der Waals surface area (Å²) in [5, 5.41) is 0. The first-order valence-corrected chi connectivity index (χ1v) is 6.73. The lowest BCUT2D eigenvalue weighted by molar-refractivity contribution is 0.0685. The zero-order valence-corrected chi connectivity index (χ0v) is 11.5. The molecule has 1 aromatic rings. The molecule has 3 nitrogen and oxygen atoms in total. The summed E-state index contributed by atoms with van der Waals surface area (Å²) in [5.74, 6) is 0. The van der Waals surface area contributed by atoms with Crippen LogP contribution < -0.4 is 5.73 Å². The molecule has 0 saturated carbocycles. The number of fused-ring (bicyclic) bond motifs is 1. The first-order chi connectivity index (χ1) is 8.74. The number of hydrogen-bond donors (Lipinski definition) is 1. The lowest BCUT2D eigenvalue weighted by atomic mass is 9.75. The van der Waals surface area contributed by atoms with E-state index < -0.39 is 0 Å². The average molecular weight is 248 g/mol. The van der Waals surface area contributed by atoms with Crippen LogP contribution >= 0.6 is 0 Å². The molecule has 0 saturated heterocycles. The van der Waals surface area contributed by atoms with Gasteiger partial charge in [-0.15, -0.1) is 0 Å². The molecular weight excluding hydrogens is 224 g/mol. The van der Waals surface area contributed by atoms with Crippen molar-refractivity contribution >= 4 is 0 Å². The topological polar surface area (TPSA) is 38.5 Å². The number of benzene rings is 1. The fourth-order valence-electron chi connectivity index (χ4n) is 3.10. The van der Waals surface area contributed by atoms with Crippen molar-refractivity contribution in [2.24, 2.45) is 5.73 Å². The minimum atomic E-state index is -0.00657. The number of nitrogens with zero attached hydrogens (tertiary/aromatic N) is 1. The molecule has 3 heteroatoms. The van der Waals surface area contributed by atoms with Gasteiger partial charge in [-0.3, -0.25) is 4.90 Å². The van der Waals surface area contributed by atoms with E-state index in [0.29, 0.717) is 6.54 Å². The Balaban J connectivity index is 2.32. The van der Waals surface area contributed by atoms with E-state index in [1.807, 2.05) is 0 Å². The molecule has 1 unspecified atom stereocenters. The second-order valence-corrected chi connectivity index (χ2v) is 5.16. The molecule has 0 aliphatic heterocycles. The van der Waals surface area contributed by atoms with Gasteiger partial charge in [-0.05, 0) is 37.4 Å². The third kappa shape index (κ3) is 2.30. The van der Waals surface area contributed by atoms with E-state index in [4.69, 9.17) is 10.5 Å². The molecule has 0 aromatic heterocycles. The standard InChI is InChI=1S/C15H24N2O/c1-17(10-11-18-2)15(12-16)9-5-7-13-6-3-4-8-14(13)15/h3-4,6,8H,5,7,9-12,16H2,1-2H3. The van der Waals surface area contributed by atoms with E-state index in [2.05, 4.69) is 36.2 Å². The van der Waals surface area contributed by atoms with Gasteiger partial charge in [-0.25, -0.2) is 0 Å². The smallest absolute Gasteiger partial charge is 0.0589 e. The van der Waals surface area contributed by atoms with Gasteiger partial charge in [0.15, 0.2) is 0 Å². The van der Waals surface area contributed by atoms with Crippen LogP contribution in [-0.2, 0) is 16.7 Å². The Morgan fingerprint density at radius 1 is 1.39 bits per heavy atom. The number of aryl methyl sites for hydroxylation is 1. The van der Waals surface area contributed by atoms with Crippen molar-refractivity contribution in [3.8, 4) is 0 Å². The Kier molecular flexibility index (Phi) is 4.38. The van der Waals surface area contributed by atoms with Gasteiger partial charge < -0.3 is 10.5 Å². The molecule has 0 spiro atoms. The normalized spacial score (nSPS) is 23.1. The van der Waals surface area contributed by atoms with Gasteiger partial charge in [0.05, 0.1) is 12.1 Å². The molecule has 0 bridgehead atoms. The van der Waals surface area contributed by atoms with Gasteiger partial charge in [-0.2, -0.15) is 0 Å². The second-order valence-electron chi connectivity index (χ2n) is 5.16. The maximum Gasteiger partial charge on any atom is 0.0589 e. The summed E-state index contributed by atoms with van der Waals surface area (Å²) >= 11 is 0. The Morgan fingerprint density at radius 3 is 2.89 bits per heavy atom. The van der Waals surface area contributed by atoms with Crippen LogP contribution in [0.5, 0.6) is 0 Å². The van der Waals surface area contributed by atoms with Crippen molar-refractivity contribution in [3.63, 3.8) is 0 Å². The average Bonchev–Trinajstić information content (AvgIpc) is 2.44. The maximum absolute atomic E-state index is 6.14. The fraction of sp³-hybridized carbons (Fsp3) is 0.600. The Bertz CT molecular complexity index is 394. The highest BCUT2D eigenvalue weighted by molar-refractivity contribution is 5.36. The summed E-state index contributed by atoms with van der Waals surface area (Å²) in [6, 6.07) is 8.73. The SMILES string of the molecule is COCCN(C)C1(CN)CCCc2ccccc21. The lowest BCUT2D eigenvalue weighted by Crippen LogP contribution is -2.52. The van der Waals surface area contributed by atoms with E-state index in [1.54, 1.807) is 7.11 Å². The summed E-state index contributed by atoms with van der Waals surface area (Å²) in [4.78, 5) is 2.37. The van der Waals surface area contributed by atoms with E-state index in [9.17, 15) is 0 Å². The van der Waals surface area contributed by atoms with E-state index in [0.717, 1.165) is 19.6 Å². The molecule has 1 aliphatic carbocycles. The van der Waals surface area contributed by atoms with E-state index in [1.165, 1.54) is 24.0 Å². The van der Waals surface area contributed by atoms with Crippen molar-refractivity contribution in [1.29, 1.82) is 0 Å². The van der Waals surface area contributed by atoms with Crippen molar-refractivity contribution in [2.75, 3.05) is 33.9 Å². The summed E-state index contributed by atoms with van der Waals surface area (Å²) in [6.45, 7) is 2.34. The van der Waals surface area contributed by atoms with Crippen molar-refractivity contribution in [2.45, 2.75) is 24.8 Å². The molecule has 0 amide bonds. The zero-order chi connectivity index (χ0) is 13.0. The van der Waals surface area contributed by atoms with Crippen LogP contribution in [0, 0.1) is 0 Å². The fourth-order valence-corrected chi connectivity index (χ4v) is 3.10. The molecule has 100 valence electrons. The Morgan fingerprint density at radius 2 is 2.17 bits per heavy atom. The molecule has 2 rings (SSSR count). The summed E-state index contributed by atoms with van der Waals surface area (Å²) in [7, 11) is 3.91. The van der Waals surface area contributed by atoms with Crippen LogP contribution in [0.1, 0.15) is 24.0 Å². The number of ether oxygens (including phenoxy) is 1. The lowest BCUT2D eigenvalue weighted by Gasteiger charge is -2.45.